The molecule has 31 heavy (non-hydrogen) atoms. The molecule has 0 amide bonds. The van der Waals surface area contributed by atoms with Gasteiger partial charge in [0.15, 0.2) is 11.5 Å². The van der Waals surface area contributed by atoms with Crippen LogP contribution in [0.15, 0.2) is 23.4 Å². The molecule has 0 bridgehead atoms. The van der Waals surface area contributed by atoms with Crippen molar-refractivity contribution in [3.05, 3.63) is 23.4 Å². The maximum Gasteiger partial charge on any atom is 0.229 e. The van der Waals surface area contributed by atoms with Gasteiger partial charge in [0.25, 0.3) is 0 Å². The van der Waals surface area contributed by atoms with Gasteiger partial charge in [0.1, 0.15) is 30.2 Å². The Hall–Kier alpha value is -1.52. The predicted octanol–water partition coefficient (Wildman–Crippen LogP) is -3.14. The van der Waals surface area contributed by atoms with Gasteiger partial charge < -0.3 is 65.3 Å². The van der Waals surface area contributed by atoms with Gasteiger partial charge >= 0.3 is 0 Å². The Kier molecular flexibility index (Phi) is 11.6. The molecule has 0 aromatic rings. The summed E-state index contributed by atoms with van der Waals surface area (Å²) in [7, 11) is 0. The monoisotopic (exact) mass is 456 g/mol. The van der Waals surface area contributed by atoms with Gasteiger partial charge in [-0.05, 0) is 13.0 Å². The molecule has 1 heterocycles. The Morgan fingerprint density at radius 2 is 1.58 bits per heavy atom. The lowest BCUT2D eigenvalue weighted by Gasteiger charge is -2.39. The zero-order chi connectivity index (χ0) is 23.7. The minimum atomic E-state index is -2.15. The van der Waals surface area contributed by atoms with Crippen molar-refractivity contribution in [1.29, 1.82) is 0 Å². The van der Waals surface area contributed by atoms with Crippen molar-refractivity contribution in [2.75, 3.05) is 19.8 Å². The highest BCUT2D eigenvalue weighted by molar-refractivity contribution is 5.09. The summed E-state index contributed by atoms with van der Waals surface area (Å²) in [5.74, 6) is -2.36. The van der Waals surface area contributed by atoms with E-state index in [-0.39, 0.29) is 12.8 Å². The first-order valence-corrected chi connectivity index (χ1v) is 9.60. The van der Waals surface area contributed by atoms with Gasteiger partial charge in [-0.15, -0.1) is 0 Å². The van der Waals surface area contributed by atoms with E-state index in [2.05, 4.69) is 0 Å². The molecule has 1 rings (SSSR count). The van der Waals surface area contributed by atoms with Crippen molar-refractivity contribution in [3.8, 4) is 0 Å². The molecule has 1 saturated heterocycles. The van der Waals surface area contributed by atoms with E-state index in [1.807, 2.05) is 0 Å². The molecule has 13 heteroatoms. The summed E-state index contributed by atoms with van der Waals surface area (Å²) in [4.78, 5) is 0. The second kappa shape index (κ2) is 13.1. The fourth-order valence-electron chi connectivity index (χ4n) is 2.72. The molecule has 0 aromatic carbocycles. The van der Waals surface area contributed by atoms with Gasteiger partial charge in [0.2, 0.25) is 12.6 Å². The molecular formula is C18H32O13. The topological polar surface area (TPSA) is 230 Å². The lowest BCUT2D eigenvalue weighted by Crippen LogP contribution is -2.57. The van der Waals surface area contributed by atoms with Gasteiger partial charge in [-0.25, -0.2) is 0 Å². The van der Waals surface area contributed by atoms with E-state index in [1.165, 1.54) is 6.92 Å². The number of aliphatic hydroxyl groups excluding tert-OH is 10. The first-order valence-electron chi connectivity index (χ1n) is 9.60. The summed E-state index contributed by atoms with van der Waals surface area (Å²) in [5, 5.41) is 96.9. The molecule has 8 unspecified atom stereocenters. The molecule has 1 fully saturated rings. The van der Waals surface area contributed by atoms with E-state index >= 15 is 0 Å². The van der Waals surface area contributed by atoms with E-state index in [1.54, 1.807) is 0 Å². The third kappa shape index (κ3) is 7.84. The molecule has 0 saturated carbocycles. The van der Waals surface area contributed by atoms with E-state index in [9.17, 15) is 35.7 Å². The van der Waals surface area contributed by atoms with Gasteiger partial charge in [-0.1, -0.05) is 0 Å². The van der Waals surface area contributed by atoms with Crippen molar-refractivity contribution >= 4 is 0 Å². The lowest BCUT2D eigenvalue weighted by molar-refractivity contribution is -0.292. The molecular weight excluding hydrogens is 424 g/mol. The first-order chi connectivity index (χ1) is 14.6. The van der Waals surface area contributed by atoms with E-state index < -0.39 is 86.3 Å². The number of hydrogen-bond acceptors (Lipinski definition) is 13. The Balaban J connectivity index is 3.18. The average molecular weight is 456 g/mol. The Bertz CT molecular complexity index is 595. The van der Waals surface area contributed by atoms with Crippen LogP contribution < -0.4 is 0 Å². The van der Waals surface area contributed by atoms with E-state index in [0.29, 0.717) is 0 Å². The fraction of sp³-hybridized carbons (Fsp3) is 0.778. The van der Waals surface area contributed by atoms with Crippen molar-refractivity contribution in [1.82, 2.24) is 0 Å². The third-order valence-corrected chi connectivity index (χ3v) is 4.50. The second-order valence-electron chi connectivity index (χ2n) is 6.93. The van der Waals surface area contributed by atoms with Crippen LogP contribution in [0, 0.1) is 0 Å². The van der Waals surface area contributed by atoms with Gasteiger partial charge in [0, 0.05) is 26.1 Å². The molecule has 182 valence electrons. The van der Waals surface area contributed by atoms with E-state index in [0.717, 1.165) is 6.08 Å². The molecule has 1 aliphatic heterocycles. The summed E-state index contributed by atoms with van der Waals surface area (Å²) >= 11 is 0. The highest BCUT2D eigenvalue weighted by Crippen LogP contribution is 2.27. The quantitative estimate of drug-likeness (QED) is 0.103. The van der Waals surface area contributed by atoms with Crippen LogP contribution in [0.25, 0.3) is 0 Å². The van der Waals surface area contributed by atoms with E-state index in [4.69, 9.17) is 29.5 Å². The molecule has 0 aromatic heterocycles. The largest absolute Gasteiger partial charge is 0.510 e. The Labute approximate surface area is 178 Å². The van der Waals surface area contributed by atoms with Gasteiger partial charge in [-0.2, -0.15) is 0 Å². The highest BCUT2D eigenvalue weighted by atomic mass is 16.7. The molecule has 0 aliphatic carbocycles. The normalized spacial score (nSPS) is 31.0. The Morgan fingerprint density at radius 1 is 0.968 bits per heavy atom. The highest BCUT2D eigenvalue weighted by Gasteiger charge is 2.44. The summed E-state index contributed by atoms with van der Waals surface area (Å²) in [6, 6.07) is 0. The van der Waals surface area contributed by atoms with Crippen LogP contribution in [0.4, 0.5) is 0 Å². The summed E-state index contributed by atoms with van der Waals surface area (Å²) in [6.45, 7) is -0.369. The molecule has 0 radical (unpaired) electrons. The molecule has 1 aliphatic rings. The smallest absolute Gasteiger partial charge is 0.229 e. The number of rotatable bonds is 12. The van der Waals surface area contributed by atoms with Crippen LogP contribution in [0.1, 0.15) is 19.8 Å². The summed E-state index contributed by atoms with van der Waals surface area (Å²) in [5.41, 5.74) is 0. The minimum Gasteiger partial charge on any atom is -0.510 e. The maximum atomic E-state index is 10.4. The first kappa shape index (κ1) is 27.5. The average Bonchev–Trinajstić information content (AvgIpc) is 2.73. The number of ether oxygens (including phenoxy) is 3. The van der Waals surface area contributed by atoms with Crippen LogP contribution in [-0.4, -0.2) is 120 Å². The second-order valence-corrected chi connectivity index (χ2v) is 6.93. The standard InChI is InChI=1S/C18H32O13/c1-8-12(24)14(26)15(27)18(29-8)31-16(13(25)11(23)3-5-20)17(28)30-10(2-4-19)6-9(22)7-21/h6,8,10-12,14-15,17-28H,2-5,7H2,1H3/b9-6-,16-13-. The molecule has 10 N–H and O–H groups in total. The van der Waals surface area contributed by atoms with Crippen LogP contribution in [0.3, 0.4) is 0 Å². The lowest BCUT2D eigenvalue weighted by atomic mass is 10.00. The number of hydrogen-bond donors (Lipinski definition) is 10. The van der Waals surface area contributed by atoms with Gasteiger partial charge in [-0.3, -0.25) is 0 Å². The molecule has 8 atom stereocenters. The fourth-order valence-corrected chi connectivity index (χ4v) is 2.72. The zero-order valence-corrected chi connectivity index (χ0v) is 16.9. The predicted molar refractivity (Wildman–Crippen MR) is 101 cm³/mol. The molecule has 0 spiro atoms. The van der Waals surface area contributed by atoms with Crippen LogP contribution in [-0.2, 0) is 14.2 Å². The maximum absolute atomic E-state index is 10.4. The SMILES string of the molecule is CC1OC(O/C(=C(\O)C(O)CCO)C(O)OC(/C=C(\O)CO)CCO)C(O)C(O)C1O. The number of aliphatic hydroxyl groups is 10. The van der Waals surface area contributed by atoms with Crippen LogP contribution in [0.2, 0.25) is 0 Å². The zero-order valence-electron chi connectivity index (χ0n) is 16.9. The van der Waals surface area contributed by atoms with Crippen LogP contribution >= 0.6 is 0 Å². The van der Waals surface area contributed by atoms with Crippen molar-refractivity contribution in [2.24, 2.45) is 0 Å². The summed E-state index contributed by atoms with van der Waals surface area (Å²) in [6.07, 6.45) is -12.3. The minimum absolute atomic E-state index is 0.154. The molecule has 13 nitrogen and oxygen atoms in total. The van der Waals surface area contributed by atoms with Crippen molar-refractivity contribution in [3.63, 3.8) is 0 Å². The summed E-state index contributed by atoms with van der Waals surface area (Å²) < 4.78 is 15.7. The Morgan fingerprint density at radius 3 is 2.13 bits per heavy atom. The van der Waals surface area contributed by atoms with Gasteiger partial charge in [0.05, 0.1) is 18.8 Å². The van der Waals surface area contributed by atoms with Crippen molar-refractivity contribution in [2.45, 2.75) is 69.0 Å². The van der Waals surface area contributed by atoms with Crippen LogP contribution in [0.5, 0.6) is 0 Å². The van der Waals surface area contributed by atoms with Crippen molar-refractivity contribution < 1.29 is 65.3 Å². The third-order valence-electron chi connectivity index (χ3n) is 4.50.